The van der Waals surface area contributed by atoms with E-state index in [2.05, 4.69) is 9.97 Å². The Labute approximate surface area is 155 Å². The molecular weight excluding hydrogens is 345 g/mol. The van der Waals surface area contributed by atoms with Gasteiger partial charge in [0.1, 0.15) is 11.4 Å². The zero-order chi connectivity index (χ0) is 19.2. The van der Waals surface area contributed by atoms with Crippen LogP contribution >= 0.6 is 0 Å². The fourth-order valence-corrected chi connectivity index (χ4v) is 2.96. The molecule has 0 aliphatic carbocycles. The Bertz CT molecular complexity index is 1180. The van der Waals surface area contributed by atoms with Gasteiger partial charge in [0, 0.05) is 17.0 Å². The largest absolute Gasteiger partial charge is 0.443 e. The van der Waals surface area contributed by atoms with Crippen LogP contribution in [0, 0.1) is 5.82 Å². The van der Waals surface area contributed by atoms with E-state index in [1.165, 1.54) is 16.7 Å². The Morgan fingerprint density at radius 2 is 1.85 bits per heavy atom. The quantitative estimate of drug-likeness (QED) is 0.468. The molecule has 4 aromatic rings. The van der Waals surface area contributed by atoms with Gasteiger partial charge < -0.3 is 4.74 Å². The minimum Gasteiger partial charge on any atom is -0.443 e. The molecule has 0 saturated carbocycles. The van der Waals surface area contributed by atoms with Crippen LogP contribution in [0.15, 0.2) is 54.7 Å². The summed E-state index contributed by atoms with van der Waals surface area (Å²) in [6.45, 7) is 5.36. The van der Waals surface area contributed by atoms with Crippen molar-refractivity contribution in [2.24, 2.45) is 0 Å². The Hall–Kier alpha value is -3.28. The van der Waals surface area contributed by atoms with Gasteiger partial charge in [-0.1, -0.05) is 0 Å². The van der Waals surface area contributed by atoms with E-state index in [0.29, 0.717) is 22.6 Å². The zero-order valence-electron chi connectivity index (χ0n) is 15.2. The van der Waals surface area contributed by atoms with Gasteiger partial charge >= 0.3 is 6.09 Å². The summed E-state index contributed by atoms with van der Waals surface area (Å²) < 4.78 is 20.7. The van der Waals surface area contributed by atoms with Crippen LogP contribution < -0.4 is 0 Å². The fourth-order valence-electron chi connectivity index (χ4n) is 2.96. The normalized spacial score (nSPS) is 11.9. The fraction of sp³-hybridized carbons (Fsp3) is 0.190. The molecule has 0 spiro atoms. The number of benzene rings is 1. The van der Waals surface area contributed by atoms with Crippen LogP contribution in [-0.4, -0.2) is 26.2 Å². The number of fused-ring (bicyclic) bond motifs is 2. The molecule has 3 aromatic heterocycles. The van der Waals surface area contributed by atoms with Crippen LogP contribution in [0.4, 0.5) is 9.18 Å². The van der Waals surface area contributed by atoms with Crippen LogP contribution in [0.1, 0.15) is 20.8 Å². The van der Waals surface area contributed by atoms with E-state index in [4.69, 9.17) is 4.74 Å². The second-order valence-corrected chi connectivity index (χ2v) is 7.30. The SMILES string of the molecule is CC(C)(C)OC(=O)n1c(-c2ccc3cccnc3n2)cc2ccc(F)cc21. The lowest BCUT2D eigenvalue weighted by Gasteiger charge is -2.21. The Balaban J connectivity index is 1.95. The predicted molar refractivity (Wildman–Crippen MR) is 102 cm³/mol. The van der Waals surface area contributed by atoms with Crippen molar-refractivity contribution in [1.29, 1.82) is 0 Å². The lowest BCUT2D eigenvalue weighted by molar-refractivity contribution is 0.0547. The Kier molecular flexibility index (Phi) is 3.91. The molecule has 0 fully saturated rings. The molecule has 1 aromatic carbocycles. The highest BCUT2D eigenvalue weighted by atomic mass is 19.1. The molecule has 136 valence electrons. The van der Waals surface area contributed by atoms with E-state index < -0.39 is 17.5 Å². The summed E-state index contributed by atoms with van der Waals surface area (Å²) in [5.41, 5.74) is 1.40. The maximum atomic E-state index is 13.8. The van der Waals surface area contributed by atoms with Gasteiger partial charge in [-0.25, -0.2) is 23.7 Å². The van der Waals surface area contributed by atoms with Crippen LogP contribution in [0.2, 0.25) is 0 Å². The molecular formula is C21H18FN3O2. The lowest BCUT2D eigenvalue weighted by Crippen LogP contribution is -2.27. The number of halogens is 1. The van der Waals surface area contributed by atoms with Crippen LogP contribution in [-0.2, 0) is 4.74 Å². The van der Waals surface area contributed by atoms with Crippen molar-refractivity contribution in [1.82, 2.24) is 14.5 Å². The third kappa shape index (κ3) is 3.26. The number of carbonyl (C=O) groups excluding carboxylic acids is 1. The number of carbonyl (C=O) groups is 1. The highest BCUT2D eigenvalue weighted by molar-refractivity contribution is 5.96. The summed E-state index contributed by atoms with van der Waals surface area (Å²) in [7, 11) is 0. The van der Waals surface area contributed by atoms with Crippen molar-refractivity contribution >= 4 is 28.0 Å². The first-order valence-electron chi connectivity index (χ1n) is 8.58. The second kappa shape index (κ2) is 6.16. The molecule has 6 heteroatoms. The molecule has 0 atom stereocenters. The van der Waals surface area contributed by atoms with Crippen molar-refractivity contribution in [3.8, 4) is 11.4 Å². The topological polar surface area (TPSA) is 57.0 Å². The van der Waals surface area contributed by atoms with Gasteiger partial charge in [-0.05, 0) is 69.3 Å². The summed E-state index contributed by atoms with van der Waals surface area (Å²) in [4.78, 5) is 21.7. The molecule has 27 heavy (non-hydrogen) atoms. The van der Waals surface area contributed by atoms with Gasteiger partial charge in [-0.15, -0.1) is 0 Å². The van der Waals surface area contributed by atoms with Gasteiger partial charge in [0.2, 0.25) is 0 Å². The smallest absolute Gasteiger partial charge is 0.419 e. The predicted octanol–water partition coefficient (Wildman–Crippen LogP) is 5.17. The Morgan fingerprint density at radius 3 is 2.63 bits per heavy atom. The first kappa shape index (κ1) is 17.1. The molecule has 0 saturated heterocycles. The van der Waals surface area contributed by atoms with Gasteiger partial charge in [-0.3, -0.25) is 0 Å². The maximum absolute atomic E-state index is 13.8. The molecule has 0 aliphatic heterocycles. The van der Waals surface area contributed by atoms with Crippen LogP contribution in [0.3, 0.4) is 0 Å². The summed E-state index contributed by atoms with van der Waals surface area (Å²) in [5, 5.41) is 1.62. The highest BCUT2D eigenvalue weighted by Gasteiger charge is 2.23. The molecule has 0 aliphatic rings. The number of hydrogen-bond acceptors (Lipinski definition) is 4. The highest BCUT2D eigenvalue weighted by Crippen LogP contribution is 2.29. The standard InChI is InChI=1S/C21H18FN3O2/c1-21(2,3)27-20(26)25-17-12-15(22)8-6-14(17)11-18(25)16-9-7-13-5-4-10-23-19(13)24-16/h4-12H,1-3H3. The number of aromatic nitrogens is 3. The average molecular weight is 363 g/mol. The number of rotatable bonds is 1. The van der Waals surface area contributed by atoms with E-state index in [1.807, 2.05) is 24.3 Å². The monoisotopic (exact) mass is 363 g/mol. The Morgan fingerprint density at radius 1 is 1.07 bits per heavy atom. The third-order valence-corrected chi connectivity index (χ3v) is 4.07. The van der Waals surface area contributed by atoms with Crippen molar-refractivity contribution in [2.45, 2.75) is 26.4 Å². The van der Waals surface area contributed by atoms with Gasteiger partial charge in [0.15, 0.2) is 5.65 Å². The van der Waals surface area contributed by atoms with Gasteiger partial charge in [0.25, 0.3) is 0 Å². The summed E-state index contributed by atoms with van der Waals surface area (Å²) in [5.74, 6) is -0.426. The van der Waals surface area contributed by atoms with Crippen molar-refractivity contribution < 1.29 is 13.9 Å². The number of ether oxygens (including phenoxy) is 1. The van der Waals surface area contributed by atoms with Crippen LogP contribution in [0.25, 0.3) is 33.3 Å². The number of pyridine rings is 2. The van der Waals surface area contributed by atoms with E-state index in [9.17, 15) is 9.18 Å². The van der Waals surface area contributed by atoms with E-state index in [0.717, 1.165) is 10.8 Å². The molecule has 0 amide bonds. The third-order valence-electron chi connectivity index (χ3n) is 4.07. The molecule has 3 heterocycles. The van der Waals surface area contributed by atoms with E-state index in [-0.39, 0.29) is 0 Å². The molecule has 5 nitrogen and oxygen atoms in total. The lowest BCUT2D eigenvalue weighted by atomic mass is 10.2. The van der Waals surface area contributed by atoms with Crippen molar-refractivity contribution in [3.05, 3.63) is 60.5 Å². The van der Waals surface area contributed by atoms with Crippen LogP contribution in [0.5, 0.6) is 0 Å². The molecule has 0 unspecified atom stereocenters. The minimum atomic E-state index is -0.684. The second-order valence-electron chi connectivity index (χ2n) is 7.30. The molecule has 0 bridgehead atoms. The van der Waals surface area contributed by atoms with E-state index >= 15 is 0 Å². The number of nitrogens with zero attached hydrogens (tertiary/aromatic N) is 3. The minimum absolute atomic E-state index is 0.426. The summed E-state index contributed by atoms with van der Waals surface area (Å²) in [6.07, 6.45) is 1.08. The number of hydrogen-bond donors (Lipinski definition) is 0. The summed E-state index contributed by atoms with van der Waals surface area (Å²) in [6, 6.07) is 13.6. The van der Waals surface area contributed by atoms with Crippen molar-refractivity contribution in [3.63, 3.8) is 0 Å². The molecule has 0 N–H and O–H groups in total. The van der Waals surface area contributed by atoms with Gasteiger partial charge in [0.05, 0.1) is 16.9 Å². The van der Waals surface area contributed by atoms with Crippen molar-refractivity contribution in [2.75, 3.05) is 0 Å². The molecule has 4 rings (SSSR count). The zero-order valence-corrected chi connectivity index (χ0v) is 15.2. The maximum Gasteiger partial charge on any atom is 0.419 e. The average Bonchev–Trinajstić information content (AvgIpc) is 2.98. The first-order valence-corrected chi connectivity index (χ1v) is 8.58. The van der Waals surface area contributed by atoms with Gasteiger partial charge in [-0.2, -0.15) is 0 Å². The van der Waals surface area contributed by atoms with E-state index in [1.54, 1.807) is 39.1 Å². The first-order chi connectivity index (χ1) is 12.8. The molecule has 0 radical (unpaired) electrons. The summed E-state index contributed by atoms with van der Waals surface area (Å²) >= 11 is 0.